The van der Waals surface area contributed by atoms with Gasteiger partial charge in [0.15, 0.2) is 11.6 Å². The molecule has 0 amide bonds. The van der Waals surface area contributed by atoms with Gasteiger partial charge in [0.1, 0.15) is 11.4 Å². The van der Waals surface area contributed by atoms with E-state index >= 15 is 0 Å². The monoisotopic (exact) mass is 244 g/mol. The number of carbonyl (C=O) groups excluding carboxylic acids is 2. The molecular formula is C15H16O3. The van der Waals surface area contributed by atoms with E-state index in [2.05, 4.69) is 13.8 Å². The summed E-state index contributed by atoms with van der Waals surface area (Å²) in [7, 11) is 0. The molecule has 1 saturated heterocycles. The minimum Gasteiger partial charge on any atom is -0.483 e. The summed E-state index contributed by atoms with van der Waals surface area (Å²) >= 11 is 0. The van der Waals surface area contributed by atoms with Crippen molar-refractivity contribution in [2.45, 2.75) is 32.3 Å². The van der Waals surface area contributed by atoms with Crippen molar-refractivity contribution in [1.82, 2.24) is 0 Å². The van der Waals surface area contributed by atoms with Crippen LogP contribution in [0.25, 0.3) is 0 Å². The summed E-state index contributed by atoms with van der Waals surface area (Å²) in [5.41, 5.74) is -0.597. The Morgan fingerprint density at radius 3 is 2.56 bits per heavy atom. The van der Waals surface area contributed by atoms with Gasteiger partial charge in [0, 0.05) is 24.8 Å². The largest absolute Gasteiger partial charge is 0.483 e. The van der Waals surface area contributed by atoms with E-state index in [4.69, 9.17) is 4.74 Å². The third-order valence-electron chi connectivity index (χ3n) is 4.11. The molecule has 0 aromatic heterocycles. The summed E-state index contributed by atoms with van der Waals surface area (Å²) < 4.78 is 5.96. The van der Waals surface area contributed by atoms with Gasteiger partial charge in [-0.2, -0.15) is 0 Å². The van der Waals surface area contributed by atoms with Crippen LogP contribution in [0, 0.1) is 11.3 Å². The molecule has 1 spiro atoms. The van der Waals surface area contributed by atoms with Crippen LogP contribution in [0.4, 0.5) is 0 Å². The molecule has 3 heteroatoms. The zero-order chi connectivity index (χ0) is 13.0. The standard InChI is InChI=1S/C15H16O3/c1-14(2)8-11(17)7-13-12(14)9-15(18-13)5-3-10(16)4-6-15/h3-7,12H,8-9H2,1-2H3. The van der Waals surface area contributed by atoms with Gasteiger partial charge in [-0.25, -0.2) is 0 Å². The molecule has 1 fully saturated rings. The highest BCUT2D eigenvalue weighted by Gasteiger charge is 2.50. The Morgan fingerprint density at radius 2 is 1.89 bits per heavy atom. The summed E-state index contributed by atoms with van der Waals surface area (Å²) in [6.07, 6.45) is 9.72. The van der Waals surface area contributed by atoms with E-state index in [1.807, 2.05) is 12.2 Å². The Bertz CT molecular complexity index is 504. The highest BCUT2D eigenvalue weighted by Crippen LogP contribution is 2.52. The predicted octanol–water partition coefficient (Wildman–Crippen LogP) is 2.34. The van der Waals surface area contributed by atoms with Gasteiger partial charge in [0.2, 0.25) is 0 Å². The van der Waals surface area contributed by atoms with Crippen LogP contribution in [0.1, 0.15) is 26.7 Å². The van der Waals surface area contributed by atoms with Crippen molar-refractivity contribution >= 4 is 11.6 Å². The fraction of sp³-hybridized carbons (Fsp3) is 0.467. The molecule has 1 heterocycles. The van der Waals surface area contributed by atoms with Crippen LogP contribution in [0.15, 0.2) is 36.1 Å². The van der Waals surface area contributed by atoms with Crippen molar-refractivity contribution in [3.8, 4) is 0 Å². The topological polar surface area (TPSA) is 43.4 Å². The van der Waals surface area contributed by atoms with E-state index in [1.54, 1.807) is 18.2 Å². The summed E-state index contributed by atoms with van der Waals surface area (Å²) in [6, 6.07) is 0. The van der Waals surface area contributed by atoms with E-state index in [9.17, 15) is 9.59 Å². The molecule has 0 radical (unpaired) electrons. The van der Waals surface area contributed by atoms with Crippen LogP contribution >= 0.6 is 0 Å². The maximum atomic E-state index is 11.7. The second-order valence-electron chi connectivity index (χ2n) is 6.06. The van der Waals surface area contributed by atoms with Gasteiger partial charge < -0.3 is 4.74 Å². The first-order valence-corrected chi connectivity index (χ1v) is 6.26. The highest BCUT2D eigenvalue weighted by molar-refractivity contribution is 6.00. The first-order valence-electron chi connectivity index (χ1n) is 6.26. The molecule has 0 saturated carbocycles. The lowest BCUT2D eigenvalue weighted by Crippen LogP contribution is -2.31. The molecule has 18 heavy (non-hydrogen) atoms. The van der Waals surface area contributed by atoms with Crippen molar-refractivity contribution < 1.29 is 14.3 Å². The summed E-state index contributed by atoms with van der Waals surface area (Å²) in [5, 5.41) is 0. The average Bonchev–Trinajstić information content (AvgIpc) is 2.62. The summed E-state index contributed by atoms with van der Waals surface area (Å²) in [4.78, 5) is 22.9. The van der Waals surface area contributed by atoms with Crippen LogP contribution in [0.2, 0.25) is 0 Å². The Labute approximate surface area is 106 Å². The smallest absolute Gasteiger partial charge is 0.178 e. The van der Waals surface area contributed by atoms with Gasteiger partial charge in [-0.3, -0.25) is 9.59 Å². The van der Waals surface area contributed by atoms with Crippen LogP contribution in [-0.2, 0) is 14.3 Å². The van der Waals surface area contributed by atoms with Gasteiger partial charge >= 0.3 is 0 Å². The first kappa shape index (κ1) is 11.5. The van der Waals surface area contributed by atoms with Gasteiger partial charge in [0.05, 0.1) is 0 Å². The fourth-order valence-corrected chi connectivity index (χ4v) is 3.09. The number of ether oxygens (including phenoxy) is 1. The van der Waals surface area contributed by atoms with Crippen molar-refractivity contribution in [3.63, 3.8) is 0 Å². The molecule has 0 bridgehead atoms. The number of hydrogen-bond donors (Lipinski definition) is 0. The predicted molar refractivity (Wildman–Crippen MR) is 66.7 cm³/mol. The molecule has 3 rings (SSSR count). The van der Waals surface area contributed by atoms with Crippen LogP contribution < -0.4 is 0 Å². The summed E-state index contributed by atoms with van der Waals surface area (Å²) in [5.74, 6) is 1.14. The first-order chi connectivity index (χ1) is 8.40. The van der Waals surface area contributed by atoms with Crippen LogP contribution in [0.3, 0.4) is 0 Å². The minimum atomic E-state index is -0.522. The van der Waals surface area contributed by atoms with Gasteiger partial charge in [-0.15, -0.1) is 0 Å². The number of ketones is 2. The van der Waals surface area contributed by atoms with E-state index in [1.165, 1.54) is 0 Å². The maximum absolute atomic E-state index is 11.7. The van der Waals surface area contributed by atoms with E-state index in [-0.39, 0.29) is 22.9 Å². The molecule has 94 valence electrons. The highest BCUT2D eigenvalue weighted by atomic mass is 16.5. The Kier molecular flexibility index (Phi) is 2.19. The van der Waals surface area contributed by atoms with Gasteiger partial charge in [0.25, 0.3) is 0 Å². The summed E-state index contributed by atoms with van der Waals surface area (Å²) in [6.45, 7) is 4.21. The third-order valence-corrected chi connectivity index (χ3v) is 4.11. The lowest BCUT2D eigenvalue weighted by atomic mass is 9.68. The lowest BCUT2D eigenvalue weighted by Gasteiger charge is -2.33. The quantitative estimate of drug-likeness (QED) is 0.657. The molecule has 2 aliphatic carbocycles. The lowest BCUT2D eigenvalue weighted by molar-refractivity contribution is -0.118. The molecule has 1 unspecified atom stereocenters. The molecule has 1 aliphatic heterocycles. The number of fused-ring (bicyclic) bond motifs is 1. The molecule has 0 aromatic rings. The molecule has 0 aromatic carbocycles. The van der Waals surface area contributed by atoms with Crippen molar-refractivity contribution in [2.24, 2.45) is 11.3 Å². The average molecular weight is 244 g/mol. The van der Waals surface area contributed by atoms with E-state index in [0.717, 1.165) is 12.2 Å². The normalized spacial score (nSPS) is 31.2. The SMILES string of the molecule is CC1(C)CC(=O)C=C2OC3(C=CC(=O)C=C3)CC21. The second-order valence-corrected chi connectivity index (χ2v) is 6.06. The number of carbonyl (C=O) groups is 2. The van der Waals surface area contributed by atoms with Crippen LogP contribution in [0.5, 0.6) is 0 Å². The van der Waals surface area contributed by atoms with Crippen molar-refractivity contribution in [2.75, 3.05) is 0 Å². The Balaban J connectivity index is 1.97. The molecule has 3 aliphatic rings. The molecular weight excluding hydrogens is 228 g/mol. The number of rotatable bonds is 0. The third kappa shape index (κ3) is 1.65. The number of allylic oxidation sites excluding steroid dienone is 4. The van der Waals surface area contributed by atoms with Gasteiger partial charge in [-0.1, -0.05) is 13.8 Å². The Morgan fingerprint density at radius 1 is 1.22 bits per heavy atom. The Hall–Kier alpha value is -1.64. The fourth-order valence-electron chi connectivity index (χ4n) is 3.09. The molecule has 3 nitrogen and oxygen atoms in total. The van der Waals surface area contributed by atoms with Crippen molar-refractivity contribution in [1.29, 1.82) is 0 Å². The minimum absolute atomic E-state index is 0.0107. The van der Waals surface area contributed by atoms with Crippen LogP contribution in [-0.4, -0.2) is 17.2 Å². The molecule has 0 N–H and O–H groups in total. The van der Waals surface area contributed by atoms with E-state index in [0.29, 0.717) is 6.42 Å². The number of hydrogen-bond acceptors (Lipinski definition) is 3. The zero-order valence-corrected chi connectivity index (χ0v) is 10.6. The maximum Gasteiger partial charge on any atom is 0.178 e. The van der Waals surface area contributed by atoms with Gasteiger partial charge in [-0.05, 0) is 29.7 Å². The van der Waals surface area contributed by atoms with E-state index < -0.39 is 5.60 Å². The van der Waals surface area contributed by atoms with Crippen molar-refractivity contribution in [3.05, 3.63) is 36.1 Å². The zero-order valence-electron chi connectivity index (χ0n) is 10.6. The molecule has 1 atom stereocenters. The second kappa shape index (κ2) is 3.44.